The second-order valence-corrected chi connectivity index (χ2v) is 8.27. The van der Waals surface area contributed by atoms with Crippen LogP contribution in [0.3, 0.4) is 0 Å². The van der Waals surface area contributed by atoms with E-state index in [1.807, 2.05) is 0 Å². The minimum Gasteiger partial charge on any atom is -0.486 e. The molecule has 0 N–H and O–H groups in total. The van der Waals surface area contributed by atoms with Gasteiger partial charge in [-0.05, 0) is 38.5 Å². The molecule has 2 fully saturated rings. The van der Waals surface area contributed by atoms with Gasteiger partial charge in [0.15, 0.2) is 20.7 Å². The lowest BCUT2D eigenvalue weighted by Gasteiger charge is -2.23. The van der Waals surface area contributed by atoms with Crippen molar-refractivity contribution < 1.29 is 13.2 Å². The molecule has 1 aromatic rings. The summed E-state index contributed by atoms with van der Waals surface area (Å²) in [5.74, 6) is 0.979. The van der Waals surface area contributed by atoms with Crippen LogP contribution in [-0.4, -0.2) is 35.8 Å². The molecule has 0 bridgehead atoms. The highest BCUT2D eigenvalue weighted by Gasteiger charge is 2.29. The average Bonchev–Trinajstić information content (AvgIpc) is 3.00. The van der Waals surface area contributed by atoms with Gasteiger partial charge in [-0.15, -0.1) is 0 Å². The van der Waals surface area contributed by atoms with Crippen LogP contribution in [0.5, 0.6) is 5.75 Å². The van der Waals surface area contributed by atoms with Crippen LogP contribution < -0.4 is 4.74 Å². The normalized spacial score (nSPS) is 26.8. The fourth-order valence-electron chi connectivity index (χ4n) is 3.04. The largest absolute Gasteiger partial charge is 0.486 e. The molecule has 0 radical (unpaired) electrons. The van der Waals surface area contributed by atoms with Gasteiger partial charge < -0.3 is 4.74 Å². The van der Waals surface area contributed by atoms with Crippen LogP contribution >= 0.6 is 11.6 Å². The summed E-state index contributed by atoms with van der Waals surface area (Å²) in [5.41, 5.74) is 0. The Balaban J connectivity index is 1.75. The first-order chi connectivity index (χ1) is 9.55. The van der Waals surface area contributed by atoms with Crippen molar-refractivity contribution in [2.75, 3.05) is 11.5 Å². The summed E-state index contributed by atoms with van der Waals surface area (Å²) in [6.07, 6.45) is 7.79. The number of hydrogen-bond donors (Lipinski definition) is 0. The van der Waals surface area contributed by atoms with Gasteiger partial charge in [0, 0.05) is 0 Å². The van der Waals surface area contributed by atoms with Crippen molar-refractivity contribution >= 4 is 21.4 Å². The molecular formula is C13H19ClN2O3S. The lowest BCUT2D eigenvalue weighted by molar-refractivity contribution is 0.209. The molecule has 5 nitrogen and oxygen atoms in total. The quantitative estimate of drug-likeness (QED) is 0.859. The Morgan fingerprint density at radius 3 is 2.70 bits per heavy atom. The molecule has 1 aliphatic heterocycles. The minimum atomic E-state index is -2.97. The van der Waals surface area contributed by atoms with Gasteiger partial charge in [0.1, 0.15) is 0 Å². The molecular weight excluding hydrogens is 300 g/mol. The van der Waals surface area contributed by atoms with Crippen molar-refractivity contribution in [1.29, 1.82) is 0 Å². The Hall–Kier alpha value is -0.750. The molecule has 1 saturated carbocycles. The molecule has 1 saturated heterocycles. The van der Waals surface area contributed by atoms with Gasteiger partial charge in [0.25, 0.3) is 0 Å². The second kappa shape index (κ2) is 5.56. The van der Waals surface area contributed by atoms with E-state index in [1.54, 1.807) is 10.9 Å². The molecule has 0 spiro atoms. The number of aromatic nitrogens is 2. The molecule has 1 aromatic heterocycles. The lowest BCUT2D eigenvalue weighted by atomic mass is 10.2. The number of halogens is 1. The van der Waals surface area contributed by atoms with E-state index in [2.05, 4.69) is 5.10 Å². The molecule has 112 valence electrons. The Kier molecular flexibility index (Phi) is 3.95. The zero-order valence-electron chi connectivity index (χ0n) is 11.3. The van der Waals surface area contributed by atoms with E-state index in [9.17, 15) is 8.42 Å². The Morgan fingerprint density at radius 1 is 1.25 bits per heavy atom. The number of rotatable bonds is 3. The van der Waals surface area contributed by atoms with E-state index in [4.69, 9.17) is 16.3 Å². The first-order valence-electron chi connectivity index (χ1n) is 7.15. The third-order valence-corrected chi connectivity index (χ3v) is 6.25. The Morgan fingerprint density at radius 2 is 2.00 bits per heavy atom. The van der Waals surface area contributed by atoms with E-state index in [0.717, 1.165) is 19.3 Å². The topological polar surface area (TPSA) is 61.2 Å². The molecule has 0 aromatic carbocycles. The van der Waals surface area contributed by atoms with Crippen LogP contribution in [0.25, 0.3) is 0 Å². The van der Waals surface area contributed by atoms with Crippen LogP contribution in [0.2, 0.25) is 5.15 Å². The smallest absolute Gasteiger partial charge is 0.176 e. The van der Waals surface area contributed by atoms with Crippen LogP contribution in [0, 0.1) is 0 Å². The summed E-state index contributed by atoms with van der Waals surface area (Å²) < 4.78 is 30.9. The number of sulfone groups is 1. The van der Waals surface area contributed by atoms with Crippen molar-refractivity contribution in [2.24, 2.45) is 0 Å². The molecule has 20 heavy (non-hydrogen) atoms. The summed E-state index contributed by atoms with van der Waals surface area (Å²) in [6, 6.07) is -0.165. The molecule has 1 atom stereocenters. The van der Waals surface area contributed by atoms with E-state index >= 15 is 0 Å². The van der Waals surface area contributed by atoms with Crippen LogP contribution in [0.15, 0.2) is 6.20 Å². The highest BCUT2D eigenvalue weighted by Crippen LogP contribution is 2.33. The van der Waals surface area contributed by atoms with Gasteiger partial charge in [-0.1, -0.05) is 11.6 Å². The maximum absolute atomic E-state index is 11.7. The molecule has 2 heterocycles. The highest BCUT2D eigenvalue weighted by atomic mass is 35.5. The van der Waals surface area contributed by atoms with Crippen molar-refractivity contribution in [3.8, 4) is 5.75 Å². The summed E-state index contributed by atoms with van der Waals surface area (Å²) in [7, 11) is -2.97. The fraction of sp³-hybridized carbons (Fsp3) is 0.769. The molecule has 7 heteroatoms. The first kappa shape index (κ1) is 14.2. The number of nitrogens with zero attached hydrogens (tertiary/aromatic N) is 2. The first-order valence-corrected chi connectivity index (χ1v) is 9.35. The zero-order valence-corrected chi connectivity index (χ0v) is 12.9. The Bertz CT molecular complexity index is 578. The molecule has 3 rings (SSSR count). The van der Waals surface area contributed by atoms with Gasteiger partial charge >= 0.3 is 0 Å². The van der Waals surface area contributed by atoms with E-state index < -0.39 is 9.84 Å². The lowest BCUT2D eigenvalue weighted by Crippen LogP contribution is -2.28. The van der Waals surface area contributed by atoms with Gasteiger partial charge in [-0.2, -0.15) is 5.10 Å². The van der Waals surface area contributed by atoms with Crippen LogP contribution in [-0.2, 0) is 9.84 Å². The summed E-state index contributed by atoms with van der Waals surface area (Å²) in [4.78, 5) is 0. The van der Waals surface area contributed by atoms with Gasteiger partial charge in [-0.3, -0.25) is 0 Å². The molecule has 2 aliphatic rings. The summed E-state index contributed by atoms with van der Waals surface area (Å²) >= 11 is 6.31. The maximum Gasteiger partial charge on any atom is 0.176 e. The third-order valence-electron chi connectivity index (χ3n) is 4.08. The summed E-state index contributed by atoms with van der Waals surface area (Å²) in [6.45, 7) is 0. The van der Waals surface area contributed by atoms with Crippen molar-refractivity contribution in [1.82, 2.24) is 9.78 Å². The van der Waals surface area contributed by atoms with Crippen molar-refractivity contribution in [3.63, 3.8) is 0 Å². The maximum atomic E-state index is 11.7. The average molecular weight is 319 g/mol. The molecule has 1 aliphatic carbocycles. The van der Waals surface area contributed by atoms with Gasteiger partial charge in [0.05, 0.1) is 29.8 Å². The van der Waals surface area contributed by atoms with Gasteiger partial charge in [-0.25, -0.2) is 13.1 Å². The van der Waals surface area contributed by atoms with Gasteiger partial charge in [0.2, 0.25) is 0 Å². The molecule has 1 unspecified atom stereocenters. The van der Waals surface area contributed by atoms with E-state index in [-0.39, 0.29) is 23.7 Å². The highest BCUT2D eigenvalue weighted by molar-refractivity contribution is 7.91. The van der Waals surface area contributed by atoms with Crippen molar-refractivity contribution in [2.45, 2.75) is 50.7 Å². The standard InChI is InChI=1S/C13H19ClN2O3S/c14-13-12(19-11-5-1-2-6-11)8-15-16(13)10-4-3-7-20(17,18)9-10/h8,10-11H,1-7,9H2. The van der Waals surface area contributed by atoms with Crippen LogP contribution in [0.4, 0.5) is 0 Å². The van der Waals surface area contributed by atoms with E-state index in [0.29, 0.717) is 17.3 Å². The SMILES string of the molecule is O=S1(=O)CCCC(n2ncc(OC3CCCC3)c2Cl)C1. The monoisotopic (exact) mass is 318 g/mol. The van der Waals surface area contributed by atoms with E-state index in [1.165, 1.54) is 12.8 Å². The predicted molar refractivity (Wildman–Crippen MR) is 77.0 cm³/mol. The molecule has 0 amide bonds. The fourth-order valence-corrected chi connectivity index (χ4v) is 4.98. The second-order valence-electron chi connectivity index (χ2n) is 5.68. The minimum absolute atomic E-state index is 0.122. The summed E-state index contributed by atoms with van der Waals surface area (Å²) in [5, 5.41) is 4.67. The zero-order chi connectivity index (χ0) is 14.2. The number of ether oxygens (including phenoxy) is 1. The number of hydrogen-bond acceptors (Lipinski definition) is 4. The van der Waals surface area contributed by atoms with Crippen molar-refractivity contribution in [3.05, 3.63) is 11.3 Å². The van der Waals surface area contributed by atoms with Crippen LogP contribution in [0.1, 0.15) is 44.6 Å². The Labute approximate surface area is 124 Å². The third kappa shape index (κ3) is 2.96. The predicted octanol–water partition coefficient (Wildman–Crippen LogP) is 2.61.